The van der Waals surface area contributed by atoms with E-state index in [1.165, 1.54) is 0 Å². The van der Waals surface area contributed by atoms with Gasteiger partial charge in [-0.1, -0.05) is 47.5 Å². The second-order valence-corrected chi connectivity index (χ2v) is 8.20. The molecule has 3 rings (SSSR count). The van der Waals surface area contributed by atoms with Gasteiger partial charge in [0, 0.05) is 42.6 Å². The van der Waals surface area contributed by atoms with Crippen molar-refractivity contribution in [3.8, 4) is 0 Å². The number of hydrogen-bond donors (Lipinski definition) is 1. The fourth-order valence-electron chi connectivity index (χ4n) is 3.34. The third-order valence-electron chi connectivity index (χ3n) is 5.09. The Labute approximate surface area is 189 Å². The van der Waals surface area contributed by atoms with E-state index in [4.69, 9.17) is 27.9 Å². The zero-order valence-corrected chi connectivity index (χ0v) is 18.3. The van der Waals surface area contributed by atoms with Gasteiger partial charge in [-0.3, -0.25) is 9.69 Å². The van der Waals surface area contributed by atoms with Crippen LogP contribution in [0.3, 0.4) is 0 Å². The minimum Gasteiger partial charge on any atom is -0.379 e. The second-order valence-electron chi connectivity index (χ2n) is 7.39. The number of carbonyl (C=O) groups is 1. The summed E-state index contributed by atoms with van der Waals surface area (Å²) in [5.74, 6) is -0.0603. The van der Waals surface area contributed by atoms with Crippen molar-refractivity contribution in [2.75, 3.05) is 39.4 Å². The Morgan fingerprint density at radius 3 is 2.19 bits per heavy atom. The number of carbonyl (C=O) groups excluding carboxylic acids is 1. The zero-order chi connectivity index (χ0) is 22.4. The number of hydrogen-bond acceptors (Lipinski definition) is 3. The van der Waals surface area contributed by atoms with Gasteiger partial charge in [0.15, 0.2) is 0 Å². The zero-order valence-electron chi connectivity index (χ0n) is 16.8. The third kappa shape index (κ3) is 7.10. The summed E-state index contributed by atoms with van der Waals surface area (Å²) < 4.78 is 43.9. The van der Waals surface area contributed by atoms with Crippen LogP contribution in [0.4, 0.5) is 13.2 Å². The minimum atomic E-state index is -4.50. The largest absolute Gasteiger partial charge is 0.416 e. The van der Waals surface area contributed by atoms with E-state index in [9.17, 15) is 18.0 Å². The van der Waals surface area contributed by atoms with E-state index in [-0.39, 0.29) is 22.4 Å². The van der Waals surface area contributed by atoms with E-state index in [2.05, 4.69) is 10.2 Å². The van der Waals surface area contributed by atoms with Crippen LogP contribution >= 0.6 is 23.2 Å². The molecule has 31 heavy (non-hydrogen) atoms. The number of amides is 1. The topological polar surface area (TPSA) is 41.6 Å². The molecule has 1 N–H and O–H groups in total. The lowest BCUT2D eigenvalue weighted by molar-refractivity contribution is -0.137. The third-order valence-corrected chi connectivity index (χ3v) is 5.77. The van der Waals surface area contributed by atoms with E-state index in [0.29, 0.717) is 18.5 Å². The highest BCUT2D eigenvalue weighted by molar-refractivity contribution is 6.36. The Hall–Kier alpha value is -1.80. The van der Waals surface area contributed by atoms with Gasteiger partial charge in [0.05, 0.1) is 25.2 Å². The van der Waals surface area contributed by atoms with Gasteiger partial charge >= 0.3 is 6.18 Å². The van der Waals surface area contributed by atoms with Gasteiger partial charge < -0.3 is 10.1 Å². The second kappa shape index (κ2) is 10.7. The monoisotopic (exact) mass is 474 g/mol. The van der Waals surface area contributed by atoms with Crippen LogP contribution in [0.1, 0.15) is 22.3 Å². The molecule has 9 heteroatoms. The van der Waals surface area contributed by atoms with Gasteiger partial charge in [-0.25, -0.2) is 0 Å². The number of halogens is 5. The summed E-state index contributed by atoms with van der Waals surface area (Å²) in [6.45, 7) is 4.59. The quantitative estimate of drug-likeness (QED) is 0.637. The average molecular weight is 475 g/mol. The normalized spacial score (nSPS) is 15.1. The maximum atomic E-state index is 12.9. The van der Waals surface area contributed by atoms with E-state index in [1.54, 1.807) is 0 Å². The lowest BCUT2D eigenvalue weighted by Crippen LogP contribution is -2.41. The van der Waals surface area contributed by atoms with Crippen molar-refractivity contribution in [2.45, 2.75) is 19.0 Å². The van der Waals surface area contributed by atoms with Crippen molar-refractivity contribution >= 4 is 29.1 Å². The van der Waals surface area contributed by atoms with Crippen LogP contribution in [-0.4, -0.2) is 50.2 Å². The molecule has 0 atom stereocenters. The Bertz CT molecular complexity index is 876. The first-order chi connectivity index (χ1) is 14.7. The Morgan fingerprint density at radius 1 is 1.03 bits per heavy atom. The summed E-state index contributed by atoms with van der Waals surface area (Å²) in [6.07, 6.45) is -3.96. The first-order valence-electron chi connectivity index (χ1n) is 9.92. The van der Waals surface area contributed by atoms with Crippen LogP contribution in [0, 0.1) is 0 Å². The van der Waals surface area contributed by atoms with E-state index >= 15 is 0 Å². The van der Waals surface area contributed by atoms with Crippen molar-refractivity contribution in [1.82, 2.24) is 10.2 Å². The Morgan fingerprint density at radius 2 is 1.61 bits per heavy atom. The summed E-state index contributed by atoms with van der Waals surface area (Å²) in [5, 5.41) is 2.87. The molecule has 0 spiro atoms. The average Bonchev–Trinajstić information content (AvgIpc) is 2.72. The molecule has 0 aromatic heterocycles. The molecule has 1 heterocycles. The molecule has 0 aliphatic carbocycles. The van der Waals surface area contributed by atoms with Crippen molar-refractivity contribution in [3.63, 3.8) is 0 Å². The standard InChI is InChI=1S/C22H23Cl2F3N2O2/c23-19-13-17(22(25,26)27)14-20(24)18(19)11-15-1-3-16(4-2-15)12-21(30)28-5-6-29-7-9-31-10-8-29/h1-4,13-14H,5-12H2,(H,28,30). The Balaban J connectivity index is 1.52. The van der Waals surface area contributed by atoms with Crippen molar-refractivity contribution in [3.05, 3.63) is 68.7 Å². The highest BCUT2D eigenvalue weighted by Gasteiger charge is 2.32. The lowest BCUT2D eigenvalue weighted by Gasteiger charge is -2.26. The molecular formula is C22H23Cl2F3N2O2. The van der Waals surface area contributed by atoms with E-state index < -0.39 is 11.7 Å². The Kier molecular flexibility index (Phi) is 8.22. The van der Waals surface area contributed by atoms with Crippen molar-refractivity contribution < 1.29 is 22.7 Å². The number of nitrogens with one attached hydrogen (secondary N) is 1. The molecule has 0 unspecified atom stereocenters. The maximum absolute atomic E-state index is 12.9. The van der Waals surface area contributed by atoms with Crippen LogP contribution < -0.4 is 5.32 Å². The molecule has 1 amide bonds. The van der Waals surface area contributed by atoms with Crippen LogP contribution in [0.2, 0.25) is 10.0 Å². The number of ether oxygens (including phenoxy) is 1. The highest BCUT2D eigenvalue weighted by atomic mass is 35.5. The molecule has 1 fully saturated rings. The molecule has 2 aromatic carbocycles. The summed E-state index contributed by atoms with van der Waals surface area (Å²) >= 11 is 12.1. The number of benzene rings is 2. The highest BCUT2D eigenvalue weighted by Crippen LogP contribution is 2.36. The predicted molar refractivity (Wildman–Crippen MR) is 115 cm³/mol. The first-order valence-corrected chi connectivity index (χ1v) is 10.7. The summed E-state index contributed by atoms with van der Waals surface area (Å²) in [4.78, 5) is 14.4. The van der Waals surface area contributed by atoms with E-state index in [1.807, 2.05) is 24.3 Å². The molecule has 0 radical (unpaired) electrons. The van der Waals surface area contributed by atoms with Crippen LogP contribution in [0.15, 0.2) is 36.4 Å². The van der Waals surface area contributed by atoms with Gasteiger partial charge in [-0.05, 0) is 28.8 Å². The molecule has 1 aliphatic rings. The van der Waals surface area contributed by atoms with Gasteiger partial charge in [0.25, 0.3) is 0 Å². The maximum Gasteiger partial charge on any atom is 0.416 e. The van der Waals surface area contributed by atoms with Gasteiger partial charge in [-0.2, -0.15) is 13.2 Å². The number of morpholine rings is 1. The number of rotatable bonds is 7. The van der Waals surface area contributed by atoms with Crippen LogP contribution in [0.25, 0.3) is 0 Å². The lowest BCUT2D eigenvalue weighted by atomic mass is 10.0. The van der Waals surface area contributed by atoms with Crippen LogP contribution in [-0.2, 0) is 28.5 Å². The van der Waals surface area contributed by atoms with Crippen LogP contribution in [0.5, 0.6) is 0 Å². The fourth-order valence-corrected chi connectivity index (χ4v) is 3.96. The van der Waals surface area contributed by atoms with Gasteiger partial charge in [0.2, 0.25) is 5.91 Å². The van der Waals surface area contributed by atoms with E-state index in [0.717, 1.165) is 56.1 Å². The van der Waals surface area contributed by atoms with Crippen molar-refractivity contribution in [2.24, 2.45) is 0 Å². The fraction of sp³-hybridized carbons (Fsp3) is 0.409. The number of alkyl halides is 3. The first kappa shape index (κ1) is 23.9. The molecule has 1 aliphatic heterocycles. The SMILES string of the molecule is O=C(Cc1ccc(Cc2c(Cl)cc(C(F)(F)F)cc2Cl)cc1)NCCN1CCOCC1. The summed E-state index contributed by atoms with van der Waals surface area (Å²) in [5.41, 5.74) is 1.24. The summed E-state index contributed by atoms with van der Waals surface area (Å²) in [6, 6.07) is 9.06. The molecular weight excluding hydrogens is 452 g/mol. The minimum absolute atomic E-state index is 0.0245. The molecule has 168 valence electrons. The molecule has 4 nitrogen and oxygen atoms in total. The van der Waals surface area contributed by atoms with Gasteiger partial charge in [0.1, 0.15) is 0 Å². The molecule has 0 bridgehead atoms. The molecule has 2 aromatic rings. The summed E-state index contributed by atoms with van der Waals surface area (Å²) in [7, 11) is 0. The predicted octanol–water partition coefficient (Wildman–Crippen LogP) is 4.59. The van der Waals surface area contributed by atoms with Crippen molar-refractivity contribution in [1.29, 1.82) is 0 Å². The number of nitrogens with zero attached hydrogens (tertiary/aromatic N) is 1. The molecule has 0 saturated carbocycles. The van der Waals surface area contributed by atoms with Gasteiger partial charge in [-0.15, -0.1) is 0 Å². The smallest absolute Gasteiger partial charge is 0.379 e. The molecule has 1 saturated heterocycles.